The summed E-state index contributed by atoms with van der Waals surface area (Å²) >= 11 is 2.32. The third-order valence-corrected chi connectivity index (χ3v) is 3.27. The van der Waals surface area contributed by atoms with Gasteiger partial charge < -0.3 is 4.90 Å². The molecule has 0 bridgehead atoms. The number of amides is 1. The van der Waals surface area contributed by atoms with E-state index in [4.69, 9.17) is 0 Å². The Labute approximate surface area is 91.1 Å². The molecule has 0 aromatic heterocycles. The molecule has 0 radical (unpaired) electrons. The van der Waals surface area contributed by atoms with Gasteiger partial charge in [-0.15, -0.1) is 0 Å². The van der Waals surface area contributed by atoms with Crippen molar-refractivity contribution >= 4 is 34.2 Å². The van der Waals surface area contributed by atoms with Crippen molar-refractivity contribution in [2.75, 3.05) is 9.33 Å². The normalized spacial score (nSPS) is 21.5. The Bertz CT molecular complexity index is 312. The number of nitrogens with zero attached hydrogens (tertiary/aromatic N) is 1. The zero-order valence-electron chi connectivity index (χ0n) is 7.11. The van der Waals surface area contributed by atoms with Crippen molar-refractivity contribution in [3.05, 3.63) is 30.3 Å². The van der Waals surface area contributed by atoms with Crippen LogP contribution in [0.2, 0.25) is 0 Å². The number of carbonyl (C=O) groups is 1. The maximum Gasteiger partial charge on any atom is 0.229 e. The lowest BCUT2D eigenvalue weighted by Gasteiger charge is -2.39. The molecule has 1 heterocycles. The predicted molar refractivity (Wildman–Crippen MR) is 61.2 cm³/mol. The van der Waals surface area contributed by atoms with E-state index in [1.54, 1.807) is 0 Å². The summed E-state index contributed by atoms with van der Waals surface area (Å²) < 4.78 is 1.01. The van der Waals surface area contributed by atoms with E-state index < -0.39 is 0 Å². The summed E-state index contributed by atoms with van der Waals surface area (Å²) in [6.07, 6.45) is 0.706. The number of benzene rings is 1. The maximum atomic E-state index is 11.3. The van der Waals surface area contributed by atoms with E-state index >= 15 is 0 Å². The molecule has 0 spiro atoms. The average molecular weight is 287 g/mol. The minimum Gasteiger partial charge on any atom is -0.308 e. The van der Waals surface area contributed by atoms with Gasteiger partial charge in [-0.3, -0.25) is 4.79 Å². The molecule has 2 nitrogen and oxygen atoms in total. The molecule has 1 fully saturated rings. The second kappa shape index (κ2) is 3.65. The fourth-order valence-corrected chi connectivity index (χ4v) is 2.25. The molecule has 1 aromatic rings. The van der Waals surface area contributed by atoms with Gasteiger partial charge in [0.05, 0.1) is 6.04 Å². The molecule has 0 saturated carbocycles. The Hall–Kier alpha value is -0.580. The summed E-state index contributed by atoms with van der Waals surface area (Å²) in [6.45, 7) is 0. The fraction of sp³-hybridized carbons (Fsp3) is 0.300. The zero-order chi connectivity index (χ0) is 9.26. The van der Waals surface area contributed by atoms with Crippen molar-refractivity contribution in [1.82, 2.24) is 0 Å². The lowest BCUT2D eigenvalue weighted by molar-refractivity contribution is -0.123. The number of rotatable bonds is 2. The van der Waals surface area contributed by atoms with E-state index in [0.717, 1.165) is 10.1 Å². The molecule has 1 atom stereocenters. The summed E-state index contributed by atoms with van der Waals surface area (Å²) in [7, 11) is 0. The summed E-state index contributed by atoms with van der Waals surface area (Å²) in [5, 5.41) is 0. The monoisotopic (exact) mass is 287 g/mol. The first-order valence-corrected chi connectivity index (χ1v) is 5.78. The van der Waals surface area contributed by atoms with Crippen molar-refractivity contribution < 1.29 is 4.79 Å². The molecule has 1 aliphatic heterocycles. The van der Waals surface area contributed by atoms with Gasteiger partial charge in [-0.2, -0.15) is 0 Å². The number of β-lactam (4-membered cyclic amide) rings is 1. The molecule has 3 heteroatoms. The summed E-state index contributed by atoms with van der Waals surface area (Å²) in [4.78, 5) is 13.2. The molecule has 68 valence electrons. The molecular weight excluding hydrogens is 277 g/mol. The molecule has 1 saturated heterocycles. The van der Waals surface area contributed by atoms with Gasteiger partial charge in [0.25, 0.3) is 0 Å². The van der Waals surface area contributed by atoms with Crippen LogP contribution in [0.3, 0.4) is 0 Å². The summed E-state index contributed by atoms with van der Waals surface area (Å²) in [5.41, 5.74) is 1.03. The number of para-hydroxylation sites is 1. The van der Waals surface area contributed by atoms with Crippen molar-refractivity contribution in [1.29, 1.82) is 0 Å². The van der Waals surface area contributed by atoms with Crippen molar-refractivity contribution in [3.8, 4) is 0 Å². The van der Waals surface area contributed by atoms with Crippen LogP contribution in [0.1, 0.15) is 6.42 Å². The summed E-state index contributed by atoms with van der Waals surface area (Å²) in [6, 6.07) is 10.3. The maximum absolute atomic E-state index is 11.3. The molecule has 1 unspecified atom stereocenters. The van der Waals surface area contributed by atoms with Crippen LogP contribution in [0.15, 0.2) is 30.3 Å². The Morgan fingerprint density at radius 3 is 2.62 bits per heavy atom. The van der Waals surface area contributed by atoms with Crippen molar-refractivity contribution in [2.45, 2.75) is 12.5 Å². The predicted octanol–water partition coefficient (Wildman–Crippen LogP) is 2.23. The Morgan fingerprint density at radius 1 is 1.38 bits per heavy atom. The lowest BCUT2D eigenvalue weighted by Crippen LogP contribution is -2.53. The molecule has 1 amide bonds. The third-order valence-electron chi connectivity index (χ3n) is 2.26. The lowest BCUT2D eigenvalue weighted by atomic mass is 10.0. The number of anilines is 1. The Balaban J connectivity index is 2.21. The van der Waals surface area contributed by atoms with Gasteiger partial charge >= 0.3 is 0 Å². The highest BCUT2D eigenvalue weighted by molar-refractivity contribution is 14.1. The quantitative estimate of drug-likeness (QED) is 0.464. The molecule has 1 aromatic carbocycles. The number of halogens is 1. The molecule has 2 rings (SSSR count). The zero-order valence-corrected chi connectivity index (χ0v) is 9.27. The SMILES string of the molecule is O=C1CC(CI)N1c1ccccc1. The second-order valence-electron chi connectivity index (χ2n) is 3.11. The van der Waals surface area contributed by atoms with E-state index in [9.17, 15) is 4.79 Å². The van der Waals surface area contributed by atoms with Crippen LogP contribution in [-0.4, -0.2) is 16.4 Å². The van der Waals surface area contributed by atoms with E-state index in [0.29, 0.717) is 12.5 Å². The van der Waals surface area contributed by atoms with Crippen LogP contribution in [-0.2, 0) is 4.79 Å². The van der Waals surface area contributed by atoms with Gasteiger partial charge in [-0.05, 0) is 12.1 Å². The third kappa shape index (κ3) is 1.57. The van der Waals surface area contributed by atoms with Crippen LogP contribution in [0.4, 0.5) is 5.69 Å². The van der Waals surface area contributed by atoms with Gasteiger partial charge in [-0.25, -0.2) is 0 Å². The number of hydrogen-bond acceptors (Lipinski definition) is 1. The van der Waals surface area contributed by atoms with Gasteiger partial charge in [0.15, 0.2) is 0 Å². The van der Waals surface area contributed by atoms with Crippen LogP contribution < -0.4 is 4.90 Å². The first kappa shape index (κ1) is 8.99. The largest absolute Gasteiger partial charge is 0.308 e. The van der Waals surface area contributed by atoms with Crippen molar-refractivity contribution in [2.24, 2.45) is 0 Å². The summed E-state index contributed by atoms with van der Waals surface area (Å²) in [5.74, 6) is 0.243. The molecule has 0 N–H and O–H groups in total. The Morgan fingerprint density at radius 2 is 2.08 bits per heavy atom. The van der Waals surface area contributed by atoms with E-state index in [2.05, 4.69) is 22.6 Å². The molecule has 13 heavy (non-hydrogen) atoms. The standard InChI is InChI=1S/C10H10INO/c11-7-9-6-10(13)12(9)8-4-2-1-3-5-8/h1-5,9H,6-7H2. The minimum absolute atomic E-state index is 0.243. The topological polar surface area (TPSA) is 20.3 Å². The Kier molecular flexibility index (Phi) is 2.53. The molecular formula is C10H10INO. The fourth-order valence-electron chi connectivity index (χ4n) is 1.55. The highest BCUT2D eigenvalue weighted by Gasteiger charge is 2.35. The van der Waals surface area contributed by atoms with E-state index in [1.807, 2.05) is 35.2 Å². The van der Waals surface area contributed by atoms with Gasteiger partial charge in [0.2, 0.25) is 5.91 Å². The van der Waals surface area contributed by atoms with Gasteiger partial charge in [0, 0.05) is 16.5 Å². The van der Waals surface area contributed by atoms with E-state index in [1.165, 1.54) is 0 Å². The number of carbonyl (C=O) groups excluding carboxylic acids is 1. The minimum atomic E-state index is 0.243. The smallest absolute Gasteiger partial charge is 0.229 e. The average Bonchev–Trinajstić information content (AvgIpc) is 2.15. The van der Waals surface area contributed by atoms with Gasteiger partial charge in [0.1, 0.15) is 0 Å². The highest BCUT2D eigenvalue weighted by atomic mass is 127. The first-order chi connectivity index (χ1) is 6.33. The first-order valence-electron chi connectivity index (χ1n) is 4.26. The molecule has 1 aliphatic rings. The molecule has 0 aliphatic carbocycles. The number of alkyl halides is 1. The van der Waals surface area contributed by atoms with Crippen molar-refractivity contribution in [3.63, 3.8) is 0 Å². The van der Waals surface area contributed by atoms with Crippen LogP contribution in [0, 0.1) is 0 Å². The van der Waals surface area contributed by atoms with E-state index in [-0.39, 0.29) is 5.91 Å². The van der Waals surface area contributed by atoms with Crippen LogP contribution in [0.25, 0.3) is 0 Å². The van der Waals surface area contributed by atoms with Gasteiger partial charge in [-0.1, -0.05) is 40.8 Å². The van der Waals surface area contributed by atoms with Crippen LogP contribution in [0.5, 0.6) is 0 Å². The van der Waals surface area contributed by atoms with Crippen LogP contribution >= 0.6 is 22.6 Å². The highest BCUT2D eigenvalue weighted by Crippen LogP contribution is 2.28. The second-order valence-corrected chi connectivity index (χ2v) is 3.99. The number of hydrogen-bond donors (Lipinski definition) is 0.